The lowest BCUT2D eigenvalue weighted by Crippen LogP contribution is -3.11. The zero-order valence-corrected chi connectivity index (χ0v) is 13.2. The highest BCUT2D eigenvalue weighted by Gasteiger charge is 2.14. The monoisotopic (exact) mass is 302 g/mol. The third-order valence-electron chi connectivity index (χ3n) is 4.08. The van der Waals surface area contributed by atoms with Gasteiger partial charge in [0.25, 0.3) is 0 Å². The maximum Gasteiger partial charge on any atom is 0.215 e. The average molecular weight is 302 g/mol. The number of nitrogens with one attached hydrogen (secondary N) is 2. The molecule has 0 aliphatic rings. The van der Waals surface area contributed by atoms with E-state index < -0.39 is 0 Å². The fourth-order valence-electron chi connectivity index (χ4n) is 2.82. The standard InChI is InChI=1S/C15H19N5S/c1-3-19(4-2)9-10-20-12-8-6-5-7-11(12)13-14(20)16-15(21)18-17-13/h5-8H,3-4,9-10H2,1-2H3,(H,16,18,21)/p+1. The lowest BCUT2D eigenvalue weighted by Gasteiger charge is -2.16. The van der Waals surface area contributed by atoms with Gasteiger partial charge in [0.1, 0.15) is 5.52 Å². The first-order valence-corrected chi connectivity index (χ1v) is 7.82. The van der Waals surface area contributed by atoms with Crippen LogP contribution < -0.4 is 4.90 Å². The van der Waals surface area contributed by atoms with Crippen LogP contribution in [0.2, 0.25) is 0 Å². The van der Waals surface area contributed by atoms with Gasteiger partial charge in [-0.3, -0.25) is 5.10 Å². The van der Waals surface area contributed by atoms with Crippen molar-refractivity contribution in [1.82, 2.24) is 19.7 Å². The number of likely N-dealkylation sites (N-methyl/N-ethyl adjacent to an activating group) is 1. The van der Waals surface area contributed by atoms with Crippen LogP contribution in [0, 0.1) is 4.77 Å². The number of nitrogens with zero attached hydrogens (tertiary/aromatic N) is 3. The normalized spacial score (nSPS) is 11.8. The quantitative estimate of drug-likeness (QED) is 0.703. The molecule has 3 aromatic rings. The van der Waals surface area contributed by atoms with Crippen molar-refractivity contribution in [3.8, 4) is 0 Å². The molecule has 0 saturated heterocycles. The second-order valence-corrected chi connectivity index (χ2v) is 5.58. The number of rotatable bonds is 5. The van der Waals surface area contributed by atoms with Crippen molar-refractivity contribution in [2.75, 3.05) is 19.6 Å². The summed E-state index contributed by atoms with van der Waals surface area (Å²) in [6.45, 7) is 8.72. The Balaban J connectivity index is 2.13. The van der Waals surface area contributed by atoms with E-state index in [1.165, 1.54) is 5.52 Å². The molecule has 0 bridgehead atoms. The van der Waals surface area contributed by atoms with Crippen molar-refractivity contribution < 1.29 is 4.90 Å². The van der Waals surface area contributed by atoms with E-state index in [0.717, 1.165) is 42.7 Å². The molecule has 6 heteroatoms. The van der Waals surface area contributed by atoms with Crippen LogP contribution in [-0.4, -0.2) is 39.4 Å². The number of aromatic amines is 1. The second-order valence-electron chi connectivity index (χ2n) is 5.19. The first-order valence-electron chi connectivity index (χ1n) is 7.41. The van der Waals surface area contributed by atoms with E-state index in [1.54, 1.807) is 4.90 Å². The lowest BCUT2D eigenvalue weighted by molar-refractivity contribution is -0.897. The first-order chi connectivity index (χ1) is 10.2. The van der Waals surface area contributed by atoms with Crippen molar-refractivity contribution in [2.45, 2.75) is 20.4 Å². The predicted octanol–water partition coefficient (Wildman–Crippen LogP) is 1.57. The third-order valence-corrected chi connectivity index (χ3v) is 4.26. The average Bonchev–Trinajstić information content (AvgIpc) is 2.82. The molecule has 1 aromatic carbocycles. The summed E-state index contributed by atoms with van der Waals surface area (Å²) in [5.41, 5.74) is 2.95. The Bertz CT molecular complexity index is 816. The van der Waals surface area contributed by atoms with Gasteiger partial charge in [-0.1, -0.05) is 18.2 Å². The molecule has 0 radical (unpaired) electrons. The van der Waals surface area contributed by atoms with E-state index in [2.05, 4.69) is 51.8 Å². The van der Waals surface area contributed by atoms with Gasteiger partial charge >= 0.3 is 0 Å². The number of benzene rings is 1. The molecule has 0 saturated carbocycles. The van der Waals surface area contributed by atoms with Gasteiger partial charge in [0.15, 0.2) is 5.65 Å². The highest BCUT2D eigenvalue weighted by molar-refractivity contribution is 7.71. The van der Waals surface area contributed by atoms with Crippen LogP contribution in [0.5, 0.6) is 0 Å². The number of fused-ring (bicyclic) bond motifs is 3. The van der Waals surface area contributed by atoms with Crippen LogP contribution in [0.15, 0.2) is 24.3 Å². The molecule has 0 aliphatic heterocycles. The number of H-pyrrole nitrogens is 1. The summed E-state index contributed by atoms with van der Waals surface area (Å²) in [6, 6.07) is 8.30. The largest absolute Gasteiger partial charge is 0.334 e. The molecule has 2 N–H and O–H groups in total. The van der Waals surface area contributed by atoms with Crippen LogP contribution in [0.3, 0.4) is 0 Å². The molecule has 0 fully saturated rings. The summed E-state index contributed by atoms with van der Waals surface area (Å²) in [5, 5.41) is 8.31. The highest BCUT2D eigenvalue weighted by atomic mass is 32.1. The minimum atomic E-state index is 0.432. The number of aromatic nitrogens is 4. The molecule has 3 rings (SSSR count). The molecule has 0 unspecified atom stereocenters. The van der Waals surface area contributed by atoms with Crippen molar-refractivity contribution in [2.24, 2.45) is 0 Å². The fraction of sp³-hybridized carbons (Fsp3) is 0.400. The Morgan fingerprint density at radius 2 is 2.00 bits per heavy atom. The van der Waals surface area contributed by atoms with E-state index in [-0.39, 0.29) is 0 Å². The van der Waals surface area contributed by atoms with Crippen LogP contribution in [-0.2, 0) is 6.54 Å². The third kappa shape index (κ3) is 2.56. The summed E-state index contributed by atoms with van der Waals surface area (Å²) in [5.74, 6) is 0. The Hall–Kier alpha value is -1.79. The number of para-hydroxylation sites is 1. The van der Waals surface area contributed by atoms with Crippen molar-refractivity contribution in [3.63, 3.8) is 0 Å². The Morgan fingerprint density at radius 1 is 1.24 bits per heavy atom. The Kier molecular flexibility index (Phi) is 3.98. The number of hydrogen-bond donors (Lipinski definition) is 2. The Labute approximate surface area is 128 Å². The smallest absolute Gasteiger partial charge is 0.215 e. The van der Waals surface area contributed by atoms with E-state index in [9.17, 15) is 0 Å². The molecular weight excluding hydrogens is 282 g/mol. The molecular formula is C15H20N5S+. The van der Waals surface area contributed by atoms with E-state index in [4.69, 9.17) is 12.2 Å². The minimum Gasteiger partial charge on any atom is -0.334 e. The Morgan fingerprint density at radius 3 is 2.76 bits per heavy atom. The molecule has 2 aromatic heterocycles. The molecule has 21 heavy (non-hydrogen) atoms. The second kappa shape index (κ2) is 5.91. The van der Waals surface area contributed by atoms with Gasteiger partial charge < -0.3 is 9.47 Å². The number of quaternary nitrogens is 1. The zero-order chi connectivity index (χ0) is 14.8. The van der Waals surface area contributed by atoms with Crippen LogP contribution in [0.1, 0.15) is 13.8 Å². The maximum absolute atomic E-state index is 5.14. The molecule has 5 nitrogen and oxygen atoms in total. The van der Waals surface area contributed by atoms with Gasteiger partial charge in [-0.05, 0) is 32.1 Å². The van der Waals surface area contributed by atoms with Gasteiger partial charge in [-0.2, -0.15) is 10.1 Å². The van der Waals surface area contributed by atoms with Gasteiger partial charge in [-0.25, -0.2) is 0 Å². The highest BCUT2D eigenvalue weighted by Crippen LogP contribution is 2.24. The minimum absolute atomic E-state index is 0.432. The van der Waals surface area contributed by atoms with Crippen molar-refractivity contribution in [3.05, 3.63) is 29.0 Å². The maximum atomic E-state index is 5.14. The van der Waals surface area contributed by atoms with E-state index >= 15 is 0 Å². The van der Waals surface area contributed by atoms with Gasteiger partial charge in [0.2, 0.25) is 4.77 Å². The predicted molar refractivity (Wildman–Crippen MR) is 87.1 cm³/mol. The van der Waals surface area contributed by atoms with Gasteiger partial charge in [0, 0.05) is 5.39 Å². The van der Waals surface area contributed by atoms with Crippen molar-refractivity contribution in [1.29, 1.82) is 0 Å². The summed E-state index contributed by atoms with van der Waals surface area (Å²) >= 11 is 5.14. The molecule has 0 aliphatic carbocycles. The van der Waals surface area contributed by atoms with Gasteiger partial charge in [-0.15, -0.1) is 0 Å². The first kappa shape index (κ1) is 14.2. The van der Waals surface area contributed by atoms with E-state index in [1.807, 2.05) is 6.07 Å². The molecule has 0 amide bonds. The number of hydrogen-bond acceptors (Lipinski definition) is 3. The SMILES string of the molecule is CC[NH+](CC)CCn1c2ccccc2c2n[nH]c(=S)nc21. The summed E-state index contributed by atoms with van der Waals surface area (Å²) in [4.78, 5) is 6.07. The molecule has 110 valence electrons. The molecule has 0 spiro atoms. The fourth-order valence-corrected chi connectivity index (χ4v) is 2.95. The summed E-state index contributed by atoms with van der Waals surface area (Å²) < 4.78 is 2.67. The molecule has 0 atom stereocenters. The van der Waals surface area contributed by atoms with E-state index in [0.29, 0.717) is 4.77 Å². The van der Waals surface area contributed by atoms with Crippen LogP contribution in [0.4, 0.5) is 0 Å². The molecule has 2 heterocycles. The lowest BCUT2D eigenvalue weighted by atomic mass is 10.2. The topological polar surface area (TPSA) is 50.9 Å². The van der Waals surface area contributed by atoms with Gasteiger partial charge in [0.05, 0.1) is 31.7 Å². The van der Waals surface area contributed by atoms with Crippen molar-refractivity contribution >= 4 is 34.3 Å². The van der Waals surface area contributed by atoms with Crippen LogP contribution >= 0.6 is 12.2 Å². The van der Waals surface area contributed by atoms with Crippen LogP contribution in [0.25, 0.3) is 22.1 Å². The summed E-state index contributed by atoms with van der Waals surface area (Å²) in [6.07, 6.45) is 0. The summed E-state index contributed by atoms with van der Waals surface area (Å²) in [7, 11) is 0. The zero-order valence-electron chi connectivity index (χ0n) is 12.4.